The molecule has 1 aromatic carbocycles. The summed E-state index contributed by atoms with van der Waals surface area (Å²) in [6.07, 6.45) is 2.26. The second kappa shape index (κ2) is 8.89. The number of ether oxygens (including phenoxy) is 1. The number of hydrogen-bond donors (Lipinski definition) is 2. The highest BCUT2D eigenvalue weighted by Gasteiger charge is 2.19. The van der Waals surface area contributed by atoms with E-state index in [1.807, 2.05) is 26.0 Å². The molecule has 0 unspecified atom stereocenters. The second-order valence-electron chi connectivity index (χ2n) is 6.49. The van der Waals surface area contributed by atoms with Gasteiger partial charge in [-0.1, -0.05) is 6.07 Å². The van der Waals surface area contributed by atoms with Crippen LogP contribution in [0.4, 0.5) is 10.5 Å². The van der Waals surface area contributed by atoms with Crippen LogP contribution in [0.1, 0.15) is 24.0 Å². The molecule has 5 nitrogen and oxygen atoms in total. The summed E-state index contributed by atoms with van der Waals surface area (Å²) in [5, 5.41) is 5.93. The number of benzene rings is 1. The Morgan fingerprint density at radius 1 is 1.22 bits per heavy atom. The number of piperidine rings is 1. The van der Waals surface area contributed by atoms with Gasteiger partial charge in [0.1, 0.15) is 0 Å². The van der Waals surface area contributed by atoms with Gasteiger partial charge >= 0.3 is 6.03 Å². The number of nitrogens with one attached hydrogen (secondary N) is 2. The predicted molar refractivity (Wildman–Crippen MR) is 94.0 cm³/mol. The average molecular weight is 319 g/mol. The summed E-state index contributed by atoms with van der Waals surface area (Å²) in [5.74, 6) is 0.568. The van der Waals surface area contributed by atoms with Crippen molar-refractivity contribution in [1.82, 2.24) is 10.2 Å². The van der Waals surface area contributed by atoms with Crippen LogP contribution < -0.4 is 10.6 Å². The summed E-state index contributed by atoms with van der Waals surface area (Å²) in [6, 6.07) is 5.96. The number of urea groups is 1. The van der Waals surface area contributed by atoms with Crippen molar-refractivity contribution in [2.45, 2.75) is 26.7 Å². The molecule has 1 aliphatic rings. The number of rotatable bonds is 6. The van der Waals surface area contributed by atoms with Gasteiger partial charge in [-0.15, -0.1) is 0 Å². The zero-order valence-electron chi connectivity index (χ0n) is 14.5. The van der Waals surface area contributed by atoms with Gasteiger partial charge in [-0.3, -0.25) is 0 Å². The molecule has 5 heteroatoms. The third-order valence-electron chi connectivity index (χ3n) is 4.35. The average Bonchev–Trinajstić information content (AvgIpc) is 2.51. The van der Waals surface area contributed by atoms with Crippen LogP contribution in [-0.4, -0.2) is 50.8 Å². The van der Waals surface area contributed by atoms with E-state index in [2.05, 4.69) is 21.6 Å². The highest BCUT2D eigenvalue weighted by Crippen LogP contribution is 2.16. The van der Waals surface area contributed by atoms with Crippen LogP contribution in [0.5, 0.6) is 0 Å². The maximum Gasteiger partial charge on any atom is 0.319 e. The molecule has 1 saturated heterocycles. The maximum absolute atomic E-state index is 12.0. The predicted octanol–water partition coefficient (Wildman–Crippen LogP) is 2.78. The third kappa shape index (κ3) is 6.20. The second-order valence-corrected chi connectivity index (χ2v) is 6.49. The van der Waals surface area contributed by atoms with Crippen LogP contribution >= 0.6 is 0 Å². The number of nitrogens with zero attached hydrogens (tertiary/aromatic N) is 1. The van der Waals surface area contributed by atoms with Gasteiger partial charge in [0.05, 0.1) is 6.61 Å². The first-order chi connectivity index (χ1) is 11.1. The Morgan fingerprint density at radius 3 is 2.48 bits per heavy atom. The number of anilines is 1. The van der Waals surface area contributed by atoms with Crippen molar-refractivity contribution >= 4 is 11.7 Å². The van der Waals surface area contributed by atoms with E-state index in [0.717, 1.165) is 62.4 Å². The van der Waals surface area contributed by atoms with Crippen LogP contribution in [0.3, 0.4) is 0 Å². The molecular weight excluding hydrogens is 290 g/mol. The fourth-order valence-corrected chi connectivity index (χ4v) is 3.09. The standard InChI is InChI=1S/C18H29N3O2/c1-14-10-15(2)12-17(11-14)20-18(22)19-13-16-4-6-21(7-5-16)8-9-23-3/h10-12,16H,4-9,13H2,1-3H3,(H2,19,20,22). The molecule has 1 heterocycles. The van der Waals surface area contributed by atoms with E-state index in [0.29, 0.717) is 5.92 Å². The number of aryl methyl sites for hydroxylation is 2. The molecule has 0 radical (unpaired) electrons. The fourth-order valence-electron chi connectivity index (χ4n) is 3.09. The van der Waals surface area contributed by atoms with Crippen molar-refractivity contribution < 1.29 is 9.53 Å². The molecule has 1 aromatic rings. The largest absolute Gasteiger partial charge is 0.383 e. The third-order valence-corrected chi connectivity index (χ3v) is 4.35. The lowest BCUT2D eigenvalue weighted by molar-refractivity contribution is 0.120. The van der Waals surface area contributed by atoms with E-state index in [9.17, 15) is 4.79 Å². The summed E-state index contributed by atoms with van der Waals surface area (Å²) in [5.41, 5.74) is 3.17. The lowest BCUT2D eigenvalue weighted by Gasteiger charge is -2.31. The number of carbonyl (C=O) groups excluding carboxylic acids is 1. The molecule has 23 heavy (non-hydrogen) atoms. The van der Waals surface area contributed by atoms with E-state index >= 15 is 0 Å². The summed E-state index contributed by atoms with van der Waals surface area (Å²) < 4.78 is 5.12. The number of methoxy groups -OCH3 is 1. The Bertz CT molecular complexity index is 491. The van der Waals surface area contributed by atoms with Gasteiger partial charge < -0.3 is 20.3 Å². The molecule has 1 aliphatic heterocycles. The van der Waals surface area contributed by atoms with Crippen LogP contribution in [0, 0.1) is 19.8 Å². The lowest BCUT2D eigenvalue weighted by atomic mass is 9.97. The highest BCUT2D eigenvalue weighted by molar-refractivity contribution is 5.89. The number of amides is 2. The van der Waals surface area contributed by atoms with E-state index in [1.54, 1.807) is 7.11 Å². The van der Waals surface area contributed by atoms with Gasteiger partial charge in [0.15, 0.2) is 0 Å². The summed E-state index contributed by atoms with van der Waals surface area (Å²) in [4.78, 5) is 14.5. The van der Waals surface area contributed by atoms with E-state index in [1.165, 1.54) is 0 Å². The molecular formula is C18H29N3O2. The monoisotopic (exact) mass is 319 g/mol. The summed E-state index contributed by atoms with van der Waals surface area (Å²) >= 11 is 0. The highest BCUT2D eigenvalue weighted by atomic mass is 16.5. The van der Waals surface area contributed by atoms with Gasteiger partial charge in [0, 0.05) is 25.9 Å². The molecule has 1 fully saturated rings. The Kier molecular flexibility index (Phi) is 6.86. The van der Waals surface area contributed by atoms with Crippen LogP contribution in [0.25, 0.3) is 0 Å². The molecule has 2 amide bonds. The smallest absolute Gasteiger partial charge is 0.319 e. The summed E-state index contributed by atoms with van der Waals surface area (Å²) in [7, 11) is 1.74. The van der Waals surface area contributed by atoms with Crippen molar-refractivity contribution in [1.29, 1.82) is 0 Å². The molecule has 0 bridgehead atoms. The lowest BCUT2D eigenvalue weighted by Crippen LogP contribution is -2.40. The molecule has 0 atom stereocenters. The van der Waals surface area contributed by atoms with Crippen molar-refractivity contribution in [2.75, 3.05) is 45.2 Å². The van der Waals surface area contributed by atoms with Crippen LogP contribution in [0.2, 0.25) is 0 Å². The van der Waals surface area contributed by atoms with Gasteiger partial charge in [0.25, 0.3) is 0 Å². The van der Waals surface area contributed by atoms with E-state index < -0.39 is 0 Å². The van der Waals surface area contributed by atoms with Gasteiger partial charge in [0.2, 0.25) is 0 Å². The molecule has 2 N–H and O–H groups in total. The minimum Gasteiger partial charge on any atom is -0.383 e. The molecule has 0 saturated carbocycles. The zero-order valence-corrected chi connectivity index (χ0v) is 14.5. The van der Waals surface area contributed by atoms with Crippen LogP contribution in [0.15, 0.2) is 18.2 Å². The molecule has 0 aliphatic carbocycles. The zero-order chi connectivity index (χ0) is 16.7. The number of hydrogen-bond acceptors (Lipinski definition) is 3. The first kappa shape index (κ1) is 17.8. The van der Waals surface area contributed by atoms with Crippen molar-refractivity contribution in [3.05, 3.63) is 29.3 Å². The Balaban J connectivity index is 1.69. The SMILES string of the molecule is COCCN1CCC(CNC(=O)Nc2cc(C)cc(C)c2)CC1. The van der Waals surface area contributed by atoms with Gasteiger partial charge in [-0.05, 0) is 69.0 Å². The van der Waals surface area contributed by atoms with E-state index in [-0.39, 0.29) is 6.03 Å². The van der Waals surface area contributed by atoms with Crippen molar-refractivity contribution in [2.24, 2.45) is 5.92 Å². The van der Waals surface area contributed by atoms with Gasteiger partial charge in [-0.25, -0.2) is 4.79 Å². The minimum absolute atomic E-state index is 0.114. The fraction of sp³-hybridized carbons (Fsp3) is 0.611. The first-order valence-electron chi connectivity index (χ1n) is 8.41. The number of likely N-dealkylation sites (tertiary alicyclic amines) is 1. The molecule has 2 rings (SSSR count). The Hall–Kier alpha value is -1.59. The van der Waals surface area contributed by atoms with Gasteiger partial charge in [-0.2, -0.15) is 0 Å². The maximum atomic E-state index is 12.0. The first-order valence-corrected chi connectivity index (χ1v) is 8.41. The van der Waals surface area contributed by atoms with E-state index in [4.69, 9.17) is 4.74 Å². The minimum atomic E-state index is -0.114. The Labute approximate surface area is 139 Å². The normalized spacial score (nSPS) is 16.3. The molecule has 128 valence electrons. The van der Waals surface area contributed by atoms with Crippen LogP contribution in [-0.2, 0) is 4.74 Å². The molecule has 0 aromatic heterocycles. The summed E-state index contributed by atoms with van der Waals surface area (Å²) in [6.45, 7) is 8.80. The van der Waals surface area contributed by atoms with Crippen molar-refractivity contribution in [3.8, 4) is 0 Å². The van der Waals surface area contributed by atoms with Crippen molar-refractivity contribution in [3.63, 3.8) is 0 Å². The topological polar surface area (TPSA) is 53.6 Å². The number of carbonyl (C=O) groups is 1. The quantitative estimate of drug-likeness (QED) is 0.848. The molecule has 0 spiro atoms. The Morgan fingerprint density at radius 2 is 1.87 bits per heavy atom.